The lowest BCUT2D eigenvalue weighted by Gasteiger charge is -1.97. The van der Waals surface area contributed by atoms with Crippen LogP contribution in [0, 0.1) is 0 Å². The van der Waals surface area contributed by atoms with Gasteiger partial charge in [-0.25, -0.2) is 9.97 Å². The van der Waals surface area contributed by atoms with Crippen molar-refractivity contribution in [3.05, 3.63) is 24.3 Å². The molecule has 2 aromatic heterocycles. The Labute approximate surface area is 74.6 Å². The minimum Gasteiger partial charge on any atom is -0.480 e. The number of methoxy groups -OCH3 is 1. The molecule has 0 saturated carbocycles. The number of hydrogen-bond acceptors (Lipinski definition) is 4. The summed E-state index contributed by atoms with van der Waals surface area (Å²) in [5.41, 5.74) is 1.32. The molecule has 0 aliphatic carbocycles. The Bertz CT molecular complexity index is 422. The summed E-state index contributed by atoms with van der Waals surface area (Å²) in [5, 5.41) is 8.84. The lowest BCUT2D eigenvalue weighted by Crippen LogP contribution is -1.90. The second-order valence-electron chi connectivity index (χ2n) is 2.59. The molecule has 0 spiro atoms. The summed E-state index contributed by atoms with van der Waals surface area (Å²) < 4.78 is 6.70. The van der Waals surface area contributed by atoms with Crippen molar-refractivity contribution < 1.29 is 9.84 Å². The molecule has 0 aliphatic heterocycles. The number of aliphatic hydroxyl groups excluding tert-OH is 1. The Morgan fingerprint density at radius 2 is 2.38 bits per heavy atom. The van der Waals surface area contributed by atoms with Gasteiger partial charge in [0.05, 0.1) is 31.8 Å². The van der Waals surface area contributed by atoms with Crippen molar-refractivity contribution in [2.45, 2.75) is 6.61 Å². The van der Waals surface area contributed by atoms with Crippen LogP contribution in [-0.4, -0.2) is 26.6 Å². The average Bonchev–Trinajstić information content (AvgIpc) is 2.58. The molecule has 0 saturated heterocycles. The van der Waals surface area contributed by atoms with Gasteiger partial charge in [0.1, 0.15) is 0 Å². The highest BCUT2D eigenvalue weighted by atomic mass is 16.5. The summed E-state index contributed by atoms with van der Waals surface area (Å²) in [6, 6.07) is 0. The Kier molecular flexibility index (Phi) is 1.86. The molecule has 0 aromatic carbocycles. The fourth-order valence-electron chi connectivity index (χ4n) is 1.11. The normalized spacial score (nSPS) is 10.6. The summed E-state index contributed by atoms with van der Waals surface area (Å²) in [6.45, 7) is -0.0655. The second kappa shape index (κ2) is 3.02. The summed E-state index contributed by atoms with van der Waals surface area (Å²) in [4.78, 5) is 8.09. The third kappa shape index (κ3) is 1.33. The third-order valence-electron chi connectivity index (χ3n) is 1.74. The van der Waals surface area contributed by atoms with Crippen molar-refractivity contribution in [1.82, 2.24) is 14.4 Å². The molecular weight excluding hydrogens is 170 g/mol. The van der Waals surface area contributed by atoms with Crippen LogP contribution in [0.3, 0.4) is 0 Å². The largest absolute Gasteiger partial charge is 0.480 e. The molecule has 0 fully saturated rings. The predicted octanol–water partition coefficient (Wildman–Crippen LogP) is 0.230. The van der Waals surface area contributed by atoms with E-state index in [0.717, 1.165) is 0 Å². The molecule has 5 heteroatoms. The summed E-state index contributed by atoms with van der Waals surface area (Å²) in [5.74, 6) is 0.523. The number of aliphatic hydroxyl groups is 1. The van der Waals surface area contributed by atoms with Crippen LogP contribution in [0.1, 0.15) is 5.69 Å². The van der Waals surface area contributed by atoms with Crippen LogP contribution < -0.4 is 4.74 Å². The van der Waals surface area contributed by atoms with Crippen molar-refractivity contribution in [3.63, 3.8) is 0 Å². The SMILES string of the molecule is COc1cn2cc(CO)nc2cn1. The van der Waals surface area contributed by atoms with Gasteiger partial charge in [0.15, 0.2) is 5.65 Å². The van der Waals surface area contributed by atoms with Crippen molar-refractivity contribution in [2.24, 2.45) is 0 Å². The third-order valence-corrected chi connectivity index (χ3v) is 1.74. The maximum absolute atomic E-state index is 8.84. The summed E-state index contributed by atoms with van der Waals surface area (Å²) in [7, 11) is 1.55. The molecule has 5 nitrogen and oxygen atoms in total. The maximum Gasteiger partial charge on any atom is 0.230 e. The number of ether oxygens (including phenoxy) is 1. The van der Waals surface area contributed by atoms with E-state index in [4.69, 9.17) is 9.84 Å². The van der Waals surface area contributed by atoms with Crippen molar-refractivity contribution in [2.75, 3.05) is 7.11 Å². The first kappa shape index (κ1) is 8.00. The highest BCUT2D eigenvalue weighted by molar-refractivity contribution is 5.38. The topological polar surface area (TPSA) is 59.7 Å². The first-order valence-corrected chi connectivity index (χ1v) is 3.82. The second-order valence-corrected chi connectivity index (χ2v) is 2.59. The Hall–Kier alpha value is -1.62. The molecule has 2 rings (SSSR count). The van der Waals surface area contributed by atoms with Crippen molar-refractivity contribution in [3.8, 4) is 5.88 Å². The van der Waals surface area contributed by atoms with Gasteiger partial charge in [-0.15, -0.1) is 0 Å². The van der Waals surface area contributed by atoms with E-state index in [1.54, 1.807) is 30.1 Å². The van der Waals surface area contributed by atoms with Crippen LogP contribution in [0.25, 0.3) is 5.65 Å². The molecule has 68 valence electrons. The highest BCUT2D eigenvalue weighted by Crippen LogP contribution is 2.09. The van der Waals surface area contributed by atoms with E-state index in [9.17, 15) is 0 Å². The van der Waals surface area contributed by atoms with E-state index in [0.29, 0.717) is 17.2 Å². The molecule has 13 heavy (non-hydrogen) atoms. The van der Waals surface area contributed by atoms with Gasteiger partial charge in [-0.3, -0.25) is 0 Å². The number of nitrogens with zero attached hydrogens (tertiary/aromatic N) is 3. The highest BCUT2D eigenvalue weighted by Gasteiger charge is 2.01. The van der Waals surface area contributed by atoms with E-state index in [1.165, 1.54) is 0 Å². The average molecular weight is 179 g/mol. The molecule has 1 N–H and O–H groups in total. The van der Waals surface area contributed by atoms with E-state index >= 15 is 0 Å². The predicted molar refractivity (Wildman–Crippen MR) is 45.5 cm³/mol. The van der Waals surface area contributed by atoms with Crippen LogP contribution in [0.5, 0.6) is 5.88 Å². The van der Waals surface area contributed by atoms with Gasteiger partial charge >= 0.3 is 0 Å². The van der Waals surface area contributed by atoms with E-state index in [1.807, 2.05) is 0 Å². The molecule has 0 radical (unpaired) electrons. The zero-order valence-electron chi connectivity index (χ0n) is 7.14. The molecule has 2 heterocycles. The lowest BCUT2D eigenvalue weighted by molar-refractivity contribution is 0.277. The maximum atomic E-state index is 8.84. The van der Waals surface area contributed by atoms with Gasteiger partial charge in [0.25, 0.3) is 0 Å². The van der Waals surface area contributed by atoms with Crippen LogP contribution in [0.2, 0.25) is 0 Å². The fourth-order valence-corrected chi connectivity index (χ4v) is 1.11. The number of imidazole rings is 1. The van der Waals surface area contributed by atoms with Gasteiger partial charge < -0.3 is 14.2 Å². The first-order valence-electron chi connectivity index (χ1n) is 3.82. The first-order chi connectivity index (χ1) is 6.33. The molecule has 0 bridgehead atoms. The number of rotatable bonds is 2. The zero-order chi connectivity index (χ0) is 9.26. The number of fused-ring (bicyclic) bond motifs is 1. The Balaban J connectivity index is 2.57. The zero-order valence-corrected chi connectivity index (χ0v) is 7.14. The van der Waals surface area contributed by atoms with Gasteiger partial charge in [-0.2, -0.15) is 0 Å². The van der Waals surface area contributed by atoms with Crippen LogP contribution in [-0.2, 0) is 6.61 Å². The van der Waals surface area contributed by atoms with Gasteiger partial charge in [-0.05, 0) is 0 Å². The Morgan fingerprint density at radius 3 is 3.08 bits per heavy atom. The van der Waals surface area contributed by atoms with E-state index < -0.39 is 0 Å². The van der Waals surface area contributed by atoms with Gasteiger partial charge in [0.2, 0.25) is 5.88 Å². The molecule has 0 aliphatic rings. The molecule has 0 atom stereocenters. The monoisotopic (exact) mass is 179 g/mol. The summed E-state index contributed by atoms with van der Waals surface area (Å²) in [6.07, 6.45) is 5.04. The standard InChI is InChI=1S/C8H9N3O2/c1-13-8-4-11-3-6(5-12)10-7(11)2-9-8/h2-4,12H,5H2,1H3. The lowest BCUT2D eigenvalue weighted by atomic mass is 10.5. The number of hydrogen-bond donors (Lipinski definition) is 1. The molecule has 0 unspecified atom stereocenters. The summed E-state index contributed by atoms with van der Waals surface area (Å²) >= 11 is 0. The van der Waals surface area contributed by atoms with E-state index in [-0.39, 0.29) is 6.61 Å². The van der Waals surface area contributed by atoms with Crippen LogP contribution in [0.4, 0.5) is 0 Å². The smallest absolute Gasteiger partial charge is 0.230 e. The van der Waals surface area contributed by atoms with Crippen molar-refractivity contribution in [1.29, 1.82) is 0 Å². The fraction of sp³-hybridized carbons (Fsp3) is 0.250. The minimum atomic E-state index is -0.0655. The van der Waals surface area contributed by atoms with E-state index in [2.05, 4.69) is 9.97 Å². The number of aromatic nitrogens is 3. The minimum absolute atomic E-state index is 0.0655. The molecule has 2 aromatic rings. The quantitative estimate of drug-likeness (QED) is 0.716. The molecule has 0 amide bonds. The van der Waals surface area contributed by atoms with Crippen molar-refractivity contribution >= 4 is 5.65 Å². The van der Waals surface area contributed by atoms with Gasteiger partial charge in [0, 0.05) is 6.20 Å². The van der Waals surface area contributed by atoms with Crippen LogP contribution >= 0.6 is 0 Å². The van der Waals surface area contributed by atoms with Crippen LogP contribution in [0.15, 0.2) is 18.6 Å². The Morgan fingerprint density at radius 1 is 1.54 bits per heavy atom. The van der Waals surface area contributed by atoms with Gasteiger partial charge in [-0.1, -0.05) is 0 Å². The molecular formula is C8H9N3O2.